The molecule has 1 aromatic heterocycles. The second kappa shape index (κ2) is 15.2. The third-order valence-electron chi connectivity index (χ3n) is 13.4. The van der Waals surface area contributed by atoms with Gasteiger partial charge in [0.1, 0.15) is 0 Å². The average Bonchev–Trinajstić information content (AvgIpc) is 3.86. The van der Waals surface area contributed by atoms with E-state index in [1.807, 2.05) is 0 Å². The minimum Gasteiger partial charge on any atom is -0.309 e. The van der Waals surface area contributed by atoms with Crippen LogP contribution in [0.3, 0.4) is 0 Å². The van der Waals surface area contributed by atoms with Gasteiger partial charge in [-0.1, -0.05) is 224 Å². The highest BCUT2D eigenvalue weighted by atomic mass is 15.0. The molecule has 1 unspecified atom stereocenters. The van der Waals surface area contributed by atoms with Gasteiger partial charge in [-0.3, -0.25) is 0 Å². The molecule has 0 N–H and O–H groups in total. The smallest absolute Gasteiger partial charge is 0.0713 e. The highest BCUT2D eigenvalue weighted by Crippen LogP contribution is 2.56. The lowest BCUT2D eigenvalue weighted by Gasteiger charge is -2.34. The van der Waals surface area contributed by atoms with Crippen molar-refractivity contribution in [2.45, 2.75) is 11.3 Å². The maximum Gasteiger partial charge on any atom is 0.0713 e. The van der Waals surface area contributed by atoms with Crippen molar-refractivity contribution < 1.29 is 0 Å². The normalized spacial score (nSPS) is 13.1. The minimum absolute atomic E-state index is 0.111. The molecule has 1 aliphatic rings. The number of fused-ring (bicyclic) bond motifs is 6. The molecular weight excluding hydrogens is 759 g/mol. The van der Waals surface area contributed by atoms with Gasteiger partial charge in [-0.15, -0.1) is 0 Å². The molecule has 1 heteroatoms. The monoisotopic (exact) mass is 801 g/mol. The van der Waals surface area contributed by atoms with Crippen LogP contribution in [0.25, 0.3) is 60.9 Å². The highest BCUT2D eigenvalue weighted by Gasteiger charge is 2.46. The summed E-state index contributed by atoms with van der Waals surface area (Å²) in [6.45, 7) is 0. The molecule has 0 aliphatic heterocycles. The summed E-state index contributed by atoms with van der Waals surface area (Å²) < 4.78 is 2.45. The molecule has 1 aliphatic carbocycles. The third kappa shape index (κ3) is 6.00. The van der Waals surface area contributed by atoms with Gasteiger partial charge in [-0.05, 0) is 103 Å². The van der Waals surface area contributed by atoms with Crippen molar-refractivity contribution in [3.05, 3.63) is 294 Å². The van der Waals surface area contributed by atoms with Gasteiger partial charge in [0.25, 0.3) is 0 Å². The van der Waals surface area contributed by atoms with E-state index in [0.29, 0.717) is 0 Å². The van der Waals surface area contributed by atoms with Crippen LogP contribution < -0.4 is 0 Å². The number of rotatable bonds is 8. The third-order valence-corrected chi connectivity index (χ3v) is 13.4. The van der Waals surface area contributed by atoms with E-state index in [1.54, 1.807) is 0 Å². The number of benzene rings is 10. The van der Waals surface area contributed by atoms with Crippen LogP contribution in [0.2, 0.25) is 0 Å². The van der Waals surface area contributed by atoms with Gasteiger partial charge in [0, 0.05) is 22.4 Å². The maximum atomic E-state index is 2.48. The number of para-hydroxylation sites is 1. The lowest BCUT2D eigenvalue weighted by atomic mass is 9.67. The lowest BCUT2D eigenvalue weighted by molar-refractivity contribution is 0.770. The lowest BCUT2D eigenvalue weighted by Crippen LogP contribution is -2.28. The van der Waals surface area contributed by atoms with Crippen LogP contribution in [-0.4, -0.2) is 4.57 Å². The van der Waals surface area contributed by atoms with Gasteiger partial charge in [-0.25, -0.2) is 0 Å². The zero-order valence-corrected chi connectivity index (χ0v) is 34.8. The Balaban J connectivity index is 0.993. The minimum atomic E-state index is -0.465. The molecule has 1 heterocycles. The first kappa shape index (κ1) is 36.8. The first-order chi connectivity index (χ1) is 31.3. The first-order valence-corrected chi connectivity index (χ1v) is 22.0. The summed E-state index contributed by atoms with van der Waals surface area (Å²) in [5, 5.41) is 2.48. The number of aromatic nitrogens is 1. The standard InChI is InChI=1S/C62H43N/c1-5-17-43(18-6-1)44-29-33-47(34-30-44)61(46-19-7-2-8-20-46)48-35-31-45(32-36-48)49-37-39-55-56-42-51(38-40-59(56)63(60(55)41-49)52-23-11-4-12-24-52)62(50-21-9-3-10-22-50)57-27-15-13-25-53(57)54-26-14-16-28-58(54)62/h1-42,61H. The van der Waals surface area contributed by atoms with E-state index in [2.05, 4.69) is 259 Å². The van der Waals surface area contributed by atoms with Crippen molar-refractivity contribution in [2.75, 3.05) is 0 Å². The molecule has 12 rings (SSSR count). The molecule has 0 amide bonds. The number of hydrogen-bond donors (Lipinski definition) is 0. The summed E-state index contributed by atoms with van der Waals surface area (Å²) >= 11 is 0. The molecule has 0 bridgehead atoms. The van der Waals surface area contributed by atoms with Crippen LogP contribution in [0, 0.1) is 0 Å². The van der Waals surface area contributed by atoms with Crippen molar-refractivity contribution in [2.24, 2.45) is 0 Å². The summed E-state index contributed by atoms with van der Waals surface area (Å²) in [6.07, 6.45) is 0. The fraction of sp³-hybridized carbons (Fsp3) is 0.0323. The van der Waals surface area contributed by atoms with Crippen molar-refractivity contribution in [3.8, 4) is 39.1 Å². The van der Waals surface area contributed by atoms with E-state index in [9.17, 15) is 0 Å². The van der Waals surface area contributed by atoms with E-state index in [-0.39, 0.29) is 5.92 Å². The van der Waals surface area contributed by atoms with Crippen LogP contribution >= 0.6 is 0 Å². The molecule has 1 nitrogen and oxygen atoms in total. The molecule has 11 aromatic rings. The van der Waals surface area contributed by atoms with E-state index in [0.717, 1.165) is 5.69 Å². The summed E-state index contributed by atoms with van der Waals surface area (Å²) in [4.78, 5) is 0. The van der Waals surface area contributed by atoms with Gasteiger partial charge >= 0.3 is 0 Å². The predicted molar refractivity (Wildman–Crippen MR) is 263 cm³/mol. The largest absolute Gasteiger partial charge is 0.309 e. The molecular formula is C62H43N. The molecule has 0 spiro atoms. The van der Waals surface area contributed by atoms with Gasteiger partial charge in [0.15, 0.2) is 0 Å². The fourth-order valence-corrected chi connectivity index (χ4v) is 10.6. The maximum absolute atomic E-state index is 2.48. The zero-order chi connectivity index (χ0) is 41.7. The molecule has 10 aromatic carbocycles. The van der Waals surface area contributed by atoms with Crippen LogP contribution in [0.1, 0.15) is 44.9 Å². The second-order valence-corrected chi connectivity index (χ2v) is 16.8. The Morgan fingerprint density at radius 1 is 0.302 bits per heavy atom. The Kier molecular flexibility index (Phi) is 8.86. The molecule has 0 radical (unpaired) electrons. The van der Waals surface area contributed by atoms with Crippen LogP contribution in [-0.2, 0) is 5.41 Å². The Labute approximate surface area is 368 Å². The van der Waals surface area contributed by atoms with Crippen LogP contribution in [0.15, 0.2) is 255 Å². The molecule has 0 fully saturated rings. The van der Waals surface area contributed by atoms with Crippen molar-refractivity contribution in [1.82, 2.24) is 4.57 Å². The Hall–Kier alpha value is -8.00. The van der Waals surface area contributed by atoms with Crippen molar-refractivity contribution in [1.29, 1.82) is 0 Å². The van der Waals surface area contributed by atoms with E-state index >= 15 is 0 Å². The first-order valence-electron chi connectivity index (χ1n) is 22.0. The average molecular weight is 802 g/mol. The molecule has 0 saturated heterocycles. The highest BCUT2D eigenvalue weighted by molar-refractivity contribution is 6.11. The van der Waals surface area contributed by atoms with E-state index < -0.39 is 5.41 Å². The molecule has 63 heavy (non-hydrogen) atoms. The van der Waals surface area contributed by atoms with Gasteiger partial charge in [0.2, 0.25) is 0 Å². The van der Waals surface area contributed by atoms with Crippen molar-refractivity contribution >= 4 is 21.8 Å². The van der Waals surface area contributed by atoms with Gasteiger partial charge in [0.05, 0.1) is 16.4 Å². The number of nitrogens with zero attached hydrogens (tertiary/aromatic N) is 1. The number of hydrogen-bond acceptors (Lipinski definition) is 0. The van der Waals surface area contributed by atoms with Crippen LogP contribution in [0.4, 0.5) is 0 Å². The molecule has 1 atom stereocenters. The van der Waals surface area contributed by atoms with Crippen molar-refractivity contribution in [3.63, 3.8) is 0 Å². The van der Waals surface area contributed by atoms with E-state index in [1.165, 1.54) is 94.1 Å². The summed E-state index contributed by atoms with van der Waals surface area (Å²) in [7, 11) is 0. The Morgan fingerprint density at radius 2 is 0.778 bits per heavy atom. The summed E-state index contributed by atoms with van der Waals surface area (Å²) in [5.41, 5.74) is 19.5. The fourth-order valence-electron chi connectivity index (χ4n) is 10.6. The quantitative estimate of drug-likeness (QED) is 0.135. The zero-order valence-electron chi connectivity index (χ0n) is 34.8. The van der Waals surface area contributed by atoms with E-state index in [4.69, 9.17) is 0 Å². The van der Waals surface area contributed by atoms with Gasteiger partial charge < -0.3 is 4.57 Å². The molecule has 0 saturated carbocycles. The van der Waals surface area contributed by atoms with Crippen LogP contribution in [0.5, 0.6) is 0 Å². The summed E-state index contributed by atoms with van der Waals surface area (Å²) in [6, 6.07) is 94.0. The SMILES string of the molecule is c1ccc(-c2ccc(C(c3ccccc3)c3ccc(-c4ccc5c6cc(C7(c8ccccc8)c8ccccc8-c8ccccc87)ccc6n(-c6ccccc6)c5c4)cc3)cc2)cc1. The topological polar surface area (TPSA) is 4.93 Å². The molecule has 296 valence electrons. The second-order valence-electron chi connectivity index (χ2n) is 16.8. The van der Waals surface area contributed by atoms with Gasteiger partial charge in [-0.2, -0.15) is 0 Å². The predicted octanol–water partition coefficient (Wildman–Crippen LogP) is 15.7. The Morgan fingerprint density at radius 3 is 1.40 bits per heavy atom. The summed E-state index contributed by atoms with van der Waals surface area (Å²) in [5.74, 6) is 0.111. The Bertz CT molecular complexity index is 3360.